The summed E-state index contributed by atoms with van der Waals surface area (Å²) in [6, 6.07) is 10.3. The number of amides is 1. The first-order valence-electron chi connectivity index (χ1n) is 6.62. The van der Waals surface area contributed by atoms with E-state index in [1.54, 1.807) is 35.4 Å². The van der Waals surface area contributed by atoms with Crippen LogP contribution in [0.5, 0.6) is 0 Å². The highest BCUT2D eigenvalue weighted by Gasteiger charge is 2.17. The van der Waals surface area contributed by atoms with Crippen LogP contribution in [0.3, 0.4) is 0 Å². The Morgan fingerprint density at radius 3 is 2.70 bits per heavy atom. The summed E-state index contributed by atoms with van der Waals surface area (Å²) in [4.78, 5) is 26.3. The lowest BCUT2D eigenvalue weighted by molar-refractivity contribution is -0.384. The minimum Gasteiger partial charge on any atom is -0.336 e. The molecule has 5 nitrogen and oxygen atoms in total. The molecule has 23 heavy (non-hydrogen) atoms. The van der Waals surface area contributed by atoms with Gasteiger partial charge in [0.15, 0.2) is 0 Å². The SMILES string of the molecule is CN(Cc1ccc(Br)s1)C(=O)c1cc2cc([N+](=O)[O-])ccc2s1. The molecule has 0 aliphatic heterocycles. The quantitative estimate of drug-likeness (QED) is 0.453. The molecule has 0 saturated heterocycles. The lowest BCUT2D eigenvalue weighted by Crippen LogP contribution is -2.24. The Kier molecular flexibility index (Phi) is 4.47. The molecule has 2 heterocycles. The van der Waals surface area contributed by atoms with E-state index in [0.717, 1.165) is 18.7 Å². The van der Waals surface area contributed by atoms with Crippen molar-refractivity contribution in [2.24, 2.45) is 0 Å². The zero-order valence-electron chi connectivity index (χ0n) is 12.0. The monoisotopic (exact) mass is 410 g/mol. The fourth-order valence-corrected chi connectivity index (χ4v) is 4.75. The predicted molar refractivity (Wildman–Crippen MR) is 96.3 cm³/mol. The summed E-state index contributed by atoms with van der Waals surface area (Å²) in [6.07, 6.45) is 0. The van der Waals surface area contributed by atoms with Crippen molar-refractivity contribution in [3.63, 3.8) is 0 Å². The first kappa shape index (κ1) is 16.1. The van der Waals surface area contributed by atoms with Gasteiger partial charge < -0.3 is 4.90 Å². The van der Waals surface area contributed by atoms with E-state index in [-0.39, 0.29) is 11.6 Å². The van der Waals surface area contributed by atoms with E-state index in [4.69, 9.17) is 0 Å². The summed E-state index contributed by atoms with van der Waals surface area (Å²) in [5.41, 5.74) is 0.0334. The fourth-order valence-electron chi connectivity index (χ4n) is 2.18. The molecule has 0 aliphatic rings. The van der Waals surface area contributed by atoms with E-state index in [2.05, 4.69) is 15.9 Å². The predicted octanol–water partition coefficient (Wildman–Crippen LogP) is 4.91. The average Bonchev–Trinajstić information content (AvgIpc) is 3.11. The van der Waals surface area contributed by atoms with Gasteiger partial charge in [-0.1, -0.05) is 0 Å². The Morgan fingerprint density at radius 1 is 1.26 bits per heavy atom. The highest BCUT2D eigenvalue weighted by atomic mass is 79.9. The highest BCUT2D eigenvalue weighted by molar-refractivity contribution is 9.11. The maximum absolute atomic E-state index is 12.5. The second-order valence-electron chi connectivity index (χ2n) is 4.96. The number of benzene rings is 1. The number of carbonyl (C=O) groups is 1. The Morgan fingerprint density at radius 2 is 2.04 bits per heavy atom. The van der Waals surface area contributed by atoms with Crippen LogP contribution in [0.2, 0.25) is 0 Å². The second-order valence-corrected chi connectivity index (χ2v) is 8.59. The summed E-state index contributed by atoms with van der Waals surface area (Å²) >= 11 is 6.35. The largest absolute Gasteiger partial charge is 0.336 e. The van der Waals surface area contributed by atoms with E-state index in [1.165, 1.54) is 23.5 Å². The number of carbonyl (C=O) groups excluding carboxylic acids is 1. The van der Waals surface area contributed by atoms with Gasteiger partial charge in [-0.25, -0.2) is 0 Å². The van der Waals surface area contributed by atoms with Gasteiger partial charge in [0.2, 0.25) is 0 Å². The number of fused-ring (bicyclic) bond motifs is 1. The van der Waals surface area contributed by atoms with Gasteiger partial charge in [0.1, 0.15) is 0 Å². The second kappa shape index (κ2) is 6.38. The molecule has 1 amide bonds. The number of nitro benzene ring substituents is 1. The van der Waals surface area contributed by atoms with E-state index in [1.807, 2.05) is 12.1 Å². The van der Waals surface area contributed by atoms with E-state index >= 15 is 0 Å². The third-order valence-corrected chi connectivity index (χ3v) is 6.00. The molecule has 0 atom stereocenters. The summed E-state index contributed by atoms with van der Waals surface area (Å²) in [5, 5.41) is 11.6. The Balaban J connectivity index is 1.83. The number of non-ortho nitro benzene ring substituents is 1. The lowest BCUT2D eigenvalue weighted by atomic mass is 10.2. The van der Waals surface area contributed by atoms with Gasteiger partial charge in [-0.3, -0.25) is 14.9 Å². The smallest absolute Gasteiger partial charge is 0.270 e. The van der Waals surface area contributed by atoms with Gasteiger partial charge in [0.25, 0.3) is 11.6 Å². The Bertz CT molecular complexity index is 903. The van der Waals surface area contributed by atoms with Crippen molar-refractivity contribution >= 4 is 60.3 Å². The molecule has 0 N–H and O–H groups in total. The van der Waals surface area contributed by atoms with Gasteiger partial charge >= 0.3 is 0 Å². The third-order valence-electron chi connectivity index (χ3n) is 3.29. The van der Waals surface area contributed by atoms with E-state index in [0.29, 0.717) is 11.4 Å². The minimum atomic E-state index is -0.431. The molecular formula is C15H11BrN2O3S2. The molecule has 1 aromatic carbocycles. The number of rotatable bonds is 4. The lowest BCUT2D eigenvalue weighted by Gasteiger charge is -2.14. The van der Waals surface area contributed by atoms with Crippen molar-refractivity contribution < 1.29 is 9.72 Å². The van der Waals surface area contributed by atoms with Crippen molar-refractivity contribution in [1.82, 2.24) is 4.90 Å². The van der Waals surface area contributed by atoms with Gasteiger partial charge in [0, 0.05) is 34.1 Å². The molecule has 3 rings (SSSR count). The average molecular weight is 411 g/mol. The summed E-state index contributed by atoms with van der Waals surface area (Å²) < 4.78 is 1.90. The van der Waals surface area contributed by atoms with Crippen molar-refractivity contribution in [3.05, 3.63) is 60.1 Å². The topological polar surface area (TPSA) is 63.5 Å². The maximum Gasteiger partial charge on any atom is 0.270 e. The molecule has 0 bridgehead atoms. The summed E-state index contributed by atoms with van der Waals surface area (Å²) in [7, 11) is 1.75. The van der Waals surface area contributed by atoms with Crippen LogP contribution < -0.4 is 0 Å². The van der Waals surface area contributed by atoms with Crippen molar-refractivity contribution in [2.75, 3.05) is 7.05 Å². The van der Waals surface area contributed by atoms with Crippen molar-refractivity contribution in [2.45, 2.75) is 6.54 Å². The molecule has 0 fully saturated rings. The molecular weight excluding hydrogens is 400 g/mol. The molecule has 118 valence electrons. The van der Waals surface area contributed by atoms with Crippen LogP contribution in [0.4, 0.5) is 5.69 Å². The number of nitro groups is 1. The minimum absolute atomic E-state index is 0.0334. The number of hydrogen-bond donors (Lipinski definition) is 0. The molecule has 8 heteroatoms. The number of halogens is 1. The first-order chi connectivity index (χ1) is 10.9. The van der Waals surface area contributed by atoms with Crippen LogP contribution >= 0.6 is 38.6 Å². The van der Waals surface area contributed by atoms with E-state index in [9.17, 15) is 14.9 Å². The maximum atomic E-state index is 12.5. The molecule has 2 aromatic heterocycles. The standard InChI is InChI=1S/C15H11BrN2O3S2/c1-17(8-11-3-5-14(16)22-11)15(19)13-7-9-6-10(18(20)21)2-4-12(9)23-13/h2-7H,8H2,1H3. The molecule has 0 radical (unpaired) electrons. The van der Waals surface area contributed by atoms with Crippen LogP contribution in [0.15, 0.2) is 40.2 Å². The van der Waals surface area contributed by atoms with Gasteiger partial charge in [0.05, 0.1) is 20.1 Å². The Hall–Kier alpha value is -1.77. The van der Waals surface area contributed by atoms with Crippen molar-refractivity contribution in [3.8, 4) is 0 Å². The normalized spacial score (nSPS) is 10.9. The Labute approximate surface area is 148 Å². The van der Waals surface area contributed by atoms with Crippen LogP contribution in [0.25, 0.3) is 10.1 Å². The van der Waals surface area contributed by atoms with Gasteiger partial charge in [-0.15, -0.1) is 22.7 Å². The number of thiophene rings is 2. The molecule has 3 aromatic rings. The molecule has 0 spiro atoms. The number of nitrogens with zero attached hydrogens (tertiary/aromatic N) is 2. The van der Waals surface area contributed by atoms with Gasteiger partial charge in [-0.2, -0.15) is 0 Å². The summed E-state index contributed by atoms with van der Waals surface area (Å²) in [5.74, 6) is -0.0848. The van der Waals surface area contributed by atoms with Crippen molar-refractivity contribution in [1.29, 1.82) is 0 Å². The summed E-state index contributed by atoms with van der Waals surface area (Å²) in [6.45, 7) is 0.531. The zero-order chi connectivity index (χ0) is 16.6. The fraction of sp³-hybridized carbons (Fsp3) is 0.133. The third kappa shape index (κ3) is 3.44. The van der Waals surface area contributed by atoms with Crippen LogP contribution in [-0.2, 0) is 6.54 Å². The molecule has 0 saturated carbocycles. The van der Waals surface area contributed by atoms with Crippen LogP contribution in [0, 0.1) is 10.1 Å². The van der Waals surface area contributed by atoms with Gasteiger partial charge in [-0.05, 0) is 40.2 Å². The van der Waals surface area contributed by atoms with Crippen LogP contribution in [-0.4, -0.2) is 22.8 Å². The van der Waals surface area contributed by atoms with E-state index < -0.39 is 4.92 Å². The molecule has 0 aliphatic carbocycles. The first-order valence-corrected chi connectivity index (χ1v) is 9.04. The number of hydrogen-bond acceptors (Lipinski definition) is 5. The van der Waals surface area contributed by atoms with Crippen LogP contribution in [0.1, 0.15) is 14.5 Å². The molecule has 0 unspecified atom stereocenters. The highest BCUT2D eigenvalue weighted by Crippen LogP contribution is 2.30. The zero-order valence-corrected chi connectivity index (χ0v) is 15.2.